The first-order valence-electron chi connectivity index (χ1n) is 8.14. The molecule has 2 aromatic rings. The van der Waals surface area contributed by atoms with Gasteiger partial charge in [-0.05, 0) is 55.3 Å². The fourth-order valence-electron chi connectivity index (χ4n) is 2.93. The molecular weight excluding hydrogens is 404 g/mol. The summed E-state index contributed by atoms with van der Waals surface area (Å²) in [5.74, 6) is -0.0764. The van der Waals surface area contributed by atoms with Gasteiger partial charge in [0.15, 0.2) is 0 Å². The first kappa shape index (κ1) is 18.0. The second kappa shape index (κ2) is 8.02. The van der Waals surface area contributed by atoms with Gasteiger partial charge in [-0.1, -0.05) is 33.6 Å². The first-order chi connectivity index (χ1) is 12.0. The molecule has 6 heteroatoms. The number of nitrogens with one attached hydrogen (secondary N) is 1. The molecule has 0 radical (unpaired) electrons. The maximum absolute atomic E-state index is 12.5. The molecule has 4 nitrogen and oxygen atoms in total. The van der Waals surface area contributed by atoms with E-state index < -0.39 is 0 Å². The Morgan fingerprint density at radius 1 is 1.08 bits per heavy atom. The van der Waals surface area contributed by atoms with E-state index in [1.807, 2.05) is 24.3 Å². The average molecular weight is 422 g/mol. The van der Waals surface area contributed by atoms with Crippen molar-refractivity contribution >= 4 is 45.0 Å². The van der Waals surface area contributed by atoms with Gasteiger partial charge in [0.25, 0.3) is 5.91 Å². The molecule has 1 aliphatic heterocycles. The van der Waals surface area contributed by atoms with Crippen LogP contribution in [0.1, 0.15) is 23.2 Å². The van der Waals surface area contributed by atoms with Gasteiger partial charge in [-0.3, -0.25) is 9.59 Å². The molecule has 130 valence electrons. The fourth-order valence-corrected chi connectivity index (χ4v) is 3.46. The zero-order chi connectivity index (χ0) is 17.8. The number of amides is 2. The van der Waals surface area contributed by atoms with Crippen molar-refractivity contribution < 1.29 is 9.59 Å². The van der Waals surface area contributed by atoms with E-state index in [2.05, 4.69) is 21.2 Å². The molecular formula is C19H18BrClN2O2. The van der Waals surface area contributed by atoms with Crippen molar-refractivity contribution in [3.8, 4) is 0 Å². The summed E-state index contributed by atoms with van der Waals surface area (Å²) in [6.45, 7) is 1.16. The van der Waals surface area contributed by atoms with Crippen LogP contribution in [0.2, 0.25) is 5.02 Å². The molecule has 0 spiro atoms. The molecule has 0 aliphatic carbocycles. The van der Waals surface area contributed by atoms with E-state index in [0.29, 0.717) is 36.5 Å². The summed E-state index contributed by atoms with van der Waals surface area (Å²) in [7, 11) is 0. The Morgan fingerprint density at radius 2 is 1.76 bits per heavy atom. The molecule has 1 aliphatic rings. The normalized spacial score (nSPS) is 15.0. The van der Waals surface area contributed by atoms with Crippen LogP contribution in [0.25, 0.3) is 0 Å². The molecule has 25 heavy (non-hydrogen) atoms. The molecule has 2 aromatic carbocycles. The number of benzene rings is 2. The number of piperidine rings is 1. The Balaban J connectivity index is 1.55. The lowest BCUT2D eigenvalue weighted by Crippen LogP contribution is -2.41. The monoisotopic (exact) mass is 420 g/mol. The van der Waals surface area contributed by atoms with Crippen molar-refractivity contribution in [1.29, 1.82) is 0 Å². The molecule has 0 atom stereocenters. The molecule has 0 bridgehead atoms. The highest BCUT2D eigenvalue weighted by Crippen LogP contribution is 2.22. The van der Waals surface area contributed by atoms with Crippen LogP contribution in [-0.4, -0.2) is 29.8 Å². The van der Waals surface area contributed by atoms with Gasteiger partial charge in [0.05, 0.1) is 0 Å². The van der Waals surface area contributed by atoms with Gasteiger partial charge >= 0.3 is 0 Å². The van der Waals surface area contributed by atoms with Crippen LogP contribution in [0.4, 0.5) is 5.69 Å². The number of hydrogen-bond donors (Lipinski definition) is 1. The fraction of sp³-hybridized carbons (Fsp3) is 0.263. The summed E-state index contributed by atoms with van der Waals surface area (Å²) >= 11 is 9.25. The lowest BCUT2D eigenvalue weighted by Gasteiger charge is -2.31. The van der Waals surface area contributed by atoms with Gasteiger partial charge < -0.3 is 10.2 Å². The molecule has 1 heterocycles. The summed E-state index contributed by atoms with van der Waals surface area (Å²) in [6, 6.07) is 14.4. The third kappa shape index (κ3) is 4.61. The van der Waals surface area contributed by atoms with Crippen molar-refractivity contribution in [2.24, 2.45) is 5.92 Å². The zero-order valence-electron chi connectivity index (χ0n) is 13.5. The van der Waals surface area contributed by atoms with Crippen LogP contribution in [0, 0.1) is 5.92 Å². The number of carbonyl (C=O) groups excluding carboxylic acids is 2. The number of hydrogen-bond acceptors (Lipinski definition) is 2. The van der Waals surface area contributed by atoms with Crippen LogP contribution in [0.5, 0.6) is 0 Å². The molecule has 3 rings (SSSR count). The lowest BCUT2D eigenvalue weighted by atomic mass is 9.95. The van der Waals surface area contributed by atoms with Gasteiger partial charge in [-0.15, -0.1) is 0 Å². The lowest BCUT2D eigenvalue weighted by molar-refractivity contribution is -0.121. The predicted octanol–water partition coefficient (Wildman–Crippen LogP) is 4.59. The van der Waals surface area contributed by atoms with Gasteiger partial charge in [0.1, 0.15) is 0 Å². The quantitative estimate of drug-likeness (QED) is 0.788. The Hall–Kier alpha value is -1.85. The van der Waals surface area contributed by atoms with Crippen molar-refractivity contribution in [3.05, 3.63) is 63.6 Å². The van der Waals surface area contributed by atoms with E-state index in [0.717, 1.165) is 10.2 Å². The predicted molar refractivity (Wildman–Crippen MR) is 103 cm³/mol. The topological polar surface area (TPSA) is 49.4 Å². The molecule has 2 amide bonds. The van der Waals surface area contributed by atoms with Gasteiger partial charge in [0, 0.05) is 39.8 Å². The van der Waals surface area contributed by atoms with E-state index in [9.17, 15) is 9.59 Å². The van der Waals surface area contributed by atoms with E-state index in [1.54, 1.807) is 29.2 Å². The number of anilines is 1. The summed E-state index contributed by atoms with van der Waals surface area (Å²) < 4.78 is 0.925. The van der Waals surface area contributed by atoms with Gasteiger partial charge in [-0.25, -0.2) is 0 Å². The van der Waals surface area contributed by atoms with E-state index in [1.165, 1.54) is 0 Å². The second-order valence-corrected chi connectivity index (χ2v) is 7.43. The first-order valence-corrected chi connectivity index (χ1v) is 9.31. The highest BCUT2D eigenvalue weighted by molar-refractivity contribution is 9.10. The minimum absolute atomic E-state index is 0.0108. The number of rotatable bonds is 3. The number of likely N-dealkylation sites (tertiary alicyclic amines) is 1. The van der Waals surface area contributed by atoms with Gasteiger partial charge in [0.2, 0.25) is 5.91 Å². The summed E-state index contributed by atoms with van der Waals surface area (Å²) in [6.07, 6.45) is 1.33. The molecule has 0 saturated carbocycles. The van der Waals surface area contributed by atoms with Gasteiger partial charge in [-0.2, -0.15) is 0 Å². The van der Waals surface area contributed by atoms with Crippen molar-refractivity contribution in [3.63, 3.8) is 0 Å². The third-order valence-corrected chi connectivity index (χ3v) is 5.08. The third-order valence-electron chi connectivity index (χ3n) is 4.34. The zero-order valence-corrected chi connectivity index (χ0v) is 15.9. The number of nitrogens with zero attached hydrogens (tertiary/aromatic N) is 1. The van der Waals surface area contributed by atoms with E-state index >= 15 is 0 Å². The minimum Gasteiger partial charge on any atom is -0.339 e. The summed E-state index contributed by atoms with van der Waals surface area (Å²) in [5.41, 5.74) is 1.40. The maximum atomic E-state index is 12.5. The van der Waals surface area contributed by atoms with Crippen LogP contribution < -0.4 is 5.32 Å². The molecule has 1 saturated heterocycles. The largest absolute Gasteiger partial charge is 0.339 e. The molecule has 1 N–H and O–H groups in total. The number of carbonyl (C=O) groups is 2. The average Bonchev–Trinajstić information content (AvgIpc) is 2.62. The van der Waals surface area contributed by atoms with Crippen molar-refractivity contribution in [2.45, 2.75) is 12.8 Å². The SMILES string of the molecule is O=C(Nc1cccc(Br)c1)C1CCN(C(=O)c2ccc(Cl)cc2)CC1. The Bertz CT molecular complexity index is 771. The summed E-state index contributed by atoms with van der Waals surface area (Å²) in [5, 5.41) is 3.56. The van der Waals surface area contributed by atoms with Crippen molar-refractivity contribution in [2.75, 3.05) is 18.4 Å². The van der Waals surface area contributed by atoms with E-state index in [4.69, 9.17) is 11.6 Å². The molecule has 0 unspecified atom stereocenters. The summed E-state index contributed by atoms with van der Waals surface area (Å²) in [4.78, 5) is 26.7. The second-order valence-electron chi connectivity index (χ2n) is 6.07. The Morgan fingerprint density at radius 3 is 2.40 bits per heavy atom. The minimum atomic E-state index is -0.0757. The number of halogens is 2. The van der Waals surface area contributed by atoms with Crippen LogP contribution in [-0.2, 0) is 4.79 Å². The molecule has 1 fully saturated rings. The highest BCUT2D eigenvalue weighted by Gasteiger charge is 2.27. The van der Waals surface area contributed by atoms with Crippen LogP contribution in [0.15, 0.2) is 53.0 Å². The molecule has 0 aromatic heterocycles. The van der Waals surface area contributed by atoms with Crippen molar-refractivity contribution in [1.82, 2.24) is 4.90 Å². The Labute approximate surface area is 160 Å². The van der Waals surface area contributed by atoms with E-state index in [-0.39, 0.29) is 17.7 Å². The standard InChI is InChI=1S/C19H18BrClN2O2/c20-15-2-1-3-17(12-15)22-18(24)13-8-10-23(11-9-13)19(25)14-4-6-16(21)7-5-14/h1-7,12-13H,8-11H2,(H,22,24). The van der Waals surface area contributed by atoms with Crippen LogP contribution >= 0.6 is 27.5 Å². The smallest absolute Gasteiger partial charge is 0.253 e. The Kier molecular flexibility index (Phi) is 5.76. The highest BCUT2D eigenvalue weighted by atomic mass is 79.9. The maximum Gasteiger partial charge on any atom is 0.253 e. The van der Waals surface area contributed by atoms with Crippen LogP contribution in [0.3, 0.4) is 0 Å².